The van der Waals surface area contributed by atoms with Crippen LogP contribution < -0.4 is 0 Å². The van der Waals surface area contributed by atoms with Crippen molar-refractivity contribution in [3.63, 3.8) is 0 Å². The monoisotopic (exact) mass is 309 g/mol. The maximum atomic E-state index is 2.32. The number of rotatable bonds is 2. The molecule has 3 rings (SSSR count). The van der Waals surface area contributed by atoms with Crippen LogP contribution >= 0.6 is 0 Å². The summed E-state index contributed by atoms with van der Waals surface area (Å²) in [5.74, 6) is 0. The van der Waals surface area contributed by atoms with Crippen LogP contribution in [0.4, 0.5) is 0 Å². The molecule has 0 N–H and O–H groups in total. The van der Waals surface area contributed by atoms with Crippen molar-refractivity contribution in [2.75, 3.05) is 0 Å². The second kappa shape index (κ2) is 5.72. The molecule has 0 aliphatic carbocycles. The molecule has 1 heteroatoms. The molecule has 0 spiro atoms. The SMILES string of the molecule is CCc1[cH-]c2ccccc2c1-c1ccccc1.[Zr]. The normalized spacial score (nSPS) is 10.3. The average molecular weight is 311 g/mol. The summed E-state index contributed by atoms with van der Waals surface area (Å²) in [7, 11) is 0. The van der Waals surface area contributed by atoms with Gasteiger partial charge in [0.15, 0.2) is 0 Å². The molecule has 0 fully saturated rings. The fourth-order valence-electron chi connectivity index (χ4n) is 2.51. The fraction of sp³-hybridized carbons (Fsp3) is 0.118. The van der Waals surface area contributed by atoms with Gasteiger partial charge in [-0.2, -0.15) is 0 Å². The third kappa shape index (κ3) is 2.25. The molecule has 0 saturated heterocycles. The van der Waals surface area contributed by atoms with Crippen molar-refractivity contribution < 1.29 is 26.2 Å². The van der Waals surface area contributed by atoms with Crippen LogP contribution in [0.2, 0.25) is 0 Å². The van der Waals surface area contributed by atoms with E-state index in [4.69, 9.17) is 0 Å². The van der Waals surface area contributed by atoms with Gasteiger partial charge in [0, 0.05) is 26.2 Å². The quantitative estimate of drug-likeness (QED) is 0.597. The van der Waals surface area contributed by atoms with Crippen LogP contribution in [0, 0.1) is 0 Å². The number of hydrogen-bond acceptors (Lipinski definition) is 0. The van der Waals surface area contributed by atoms with E-state index in [1.165, 1.54) is 27.5 Å². The predicted molar refractivity (Wildman–Crippen MR) is 74.4 cm³/mol. The van der Waals surface area contributed by atoms with E-state index in [-0.39, 0.29) is 26.2 Å². The maximum Gasteiger partial charge on any atom is 0 e. The van der Waals surface area contributed by atoms with Crippen LogP contribution in [-0.2, 0) is 32.6 Å². The van der Waals surface area contributed by atoms with Crippen molar-refractivity contribution >= 4 is 10.8 Å². The summed E-state index contributed by atoms with van der Waals surface area (Å²) >= 11 is 0. The van der Waals surface area contributed by atoms with Crippen molar-refractivity contribution in [2.24, 2.45) is 0 Å². The largest absolute Gasteiger partial charge is 0.149 e. The smallest absolute Gasteiger partial charge is 0 e. The Bertz CT molecular complexity index is 635. The molecule has 0 aromatic heterocycles. The molecule has 0 radical (unpaired) electrons. The van der Waals surface area contributed by atoms with Crippen LogP contribution in [0.1, 0.15) is 12.5 Å². The summed E-state index contributed by atoms with van der Waals surface area (Å²) < 4.78 is 0. The zero-order valence-corrected chi connectivity index (χ0v) is 12.9. The van der Waals surface area contributed by atoms with Gasteiger partial charge in [-0.15, -0.1) is 46.2 Å². The van der Waals surface area contributed by atoms with Crippen molar-refractivity contribution in [1.82, 2.24) is 0 Å². The van der Waals surface area contributed by atoms with Gasteiger partial charge < -0.3 is 0 Å². The second-order valence-electron chi connectivity index (χ2n) is 4.35. The Hall–Kier alpha value is -1.07. The molecule has 0 amide bonds. The van der Waals surface area contributed by atoms with E-state index >= 15 is 0 Å². The van der Waals surface area contributed by atoms with Gasteiger partial charge in [0.05, 0.1) is 0 Å². The summed E-state index contributed by atoms with van der Waals surface area (Å²) in [5, 5.41) is 2.72. The van der Waals surface area contributed by atoms with Crippen LogP contribution in [0.15, 0.2) is 60.7 Å². The molecule has 0 saturated carbocycles. The van der Waals surface area contributed by atoms with Crippen LogP contribution in [0.3, 0.4) is 0 Å². The van der Waals surface area contributed by atoms with Gasteiger partial charge >= 0.3 is 0 Å². The summed E-state index contributed by atoms with van der Waals surface area (Å²) in [5.41, 5.74) is 4.17. The summed E-state index contributed by atoms with van der Waals surface area (Å²) in [6, 6.07) is 21.6. The van der Waals surface area contributed by atoms with Crippen molar-refractivity contribution in [3.8, 4) is 11.1 Å². The Morgan fingerprint density at radius 3 is 2.28 bits per heavy atom. The van der Waals surface area contributed by atoms with Gasteiger partial charge in [0.2, 0.25) is 0 Å². The molecular weight excluding hydrogens is 295 g/mol. The third-order valence-corrected chi connectivity index (χ3v) is 3.32. The second-order valence-corrected chi connectivity index (χ2v) is 4.35. The average Bonchev–Trinajstić information content (AvgIpc) is 2.78. The van der Waals surface area contributed by atoms with E-state index in [0.717, 1.165) is 6.42 Å². The molecule has 88 valence electrons. The Balaban J connectivity index is 0.00000120. The topological polar surface area (TPSA) is 0 Å². The summed E-state index contributed by atoms with van der Waals surface area (Å²) in [6.45, 7) is 2.22. The molecule has 0 aliphatic rings. The first-order chi connectivity index (χ1) is 8.40. The van der Waals surface area contributed by atoms with E-state index in [1.54, 1.807) is 0 Å². The number of fused-ring (bicyclic) bond motifs is 1. The van der Waals surface area contributed by atoms with Crippen LogP contribution in [-0.4, -0.2) is 0 Å². The summed E-state index contributed by atoms with van der Waals surface area (Å²) in [4.78, 5) is 0. The molecule has 0 heterocycles. The first-order valence-electron chi connectivity index (χ1n) is 6.13. The maximum absolute atomic E-state index is 2.32. The van der Waals surface area contributed by atoms with Crippen molar-refractivity contribution in [1.29, 1.82) is 0 Å². The number of aryl methyl sites for hydroxylation is 1. The molecule has 3 aromatic carbocycles. The minimum atomic E-state index is 0. The van der Waals surface area contributed by atoms with Gasteiger partial charge in [-0.05, 0) is 6.42 Å². The van der Waals surface area contributed by atoms with Gasteiger partial charge in [0.1, 0.15) is 0 Å². The molecule has 18 heavy (non-hydrogen) atoms. The zero-order chi connectivity index (χ0) is 11.7. The predicted octanol–water partition coefficient (Wildman–Crippen LogP) is 4.79. The minimum Gasteiger partial charge on any atom is -0.149 e. The summed E-state index contributed by atoms with van der Waals surface area (Å²) in [6.07, 6.45) is 1.08. The van der Waals surface area contributed by atoms with Crippen LogP contribution in [0.5, 0.6) is 0 Å². The zero-order valence-electron chi connectivity index (χ0n) is 10.5. The van der Waals surface area contributed by atoms with Crippen molar-refractivity contribution in [2.45, 2.75) is 13.3 Å². The molecule has 0 bridgehead atoms. The van der Waals surface area contributed by atoms with Crippen LogP contribution in [0.25, 0.3) is 21.9 Å². The standard InChI is InChI=1S/C17H15.Zr/c1-2-13-12-15-10-6-7-11-16(15)17(13)14-8-4-3-5-9-14;/h3-12H,2H2,1H3;/q-1;. The van der Waals surface area contributed by atoms with Gasteiger partial charge in [-0.3, -0.25) is 0 Å². The molecule has 3 aromatic rings. The Kier molecular flexibility index (Phi) is 4.24. The van der Waals surface area contributed by atoms with Gasteiger partial charge in [-0.1, -0.05) is 48.9 Å². The first-order valence-corrected chi connectivity index (χ1v) is 6.13. The molecular formula is C17H15Zr-. The third-order valence-electron chi connectivity index (χ3n) is 3.32. The molecule has 0 unspecified atom stereocenters. The fourth-order valence-corrected chi connectivity index (χ4v) is 2.51. The molecule has 0 aliphatic heterocycles. The Morgan fingerprint density at radius 1 is 0.889 bits per heavy atom. The molecule has 0 nitrogen and oxygen atoms in total. The number of hydrogen-bond donors (Lipinski definition) is 0. The molecule has 0 atom stereocenters. The van der Waals surface area contributed by atoms with Gasteiger partial charge in [0.25, 0.3) is 0 Å². The Labute approximate surface area is 127 Å². The first kappa shape index (κ1) is 13.4. The van der Waals surface area contributed by atoms with E-state index < -0.39 is 0 Å². The van der Waals surface area contributed by atoms with E-state index in [9.17, 15) is 0 Å². The van der Waals surface area contributed by atoms with Gasteiger partial charge in [-0.25, -0.2) is 0 Å². The Morgan fingerprint density at radius 2 is 1.56 bits per heavy atom. The van der Waals surface area contributed by atoms with E-state index in [2.05, 4.69) is 67.6 Å². The minimum absolute atomic E-state index is 0. The number of benzene rings is 2. The van der Waals surface area contributed by atoms with Crippen molar-refractivity contribution in [3.05, 3.63) is 66.2 Å². The van der Waals surface area contributed by atoms with E-state index in [1.807, 2.05) is 0 Å². The van der Waals surface area contributed by atoms with E-state index in [0.29, 0.717) is 0 Å².